The van der Waals surface area contributed by atoms with Crippen molar-refractivity contribution in [2.45, 2.75) is 44.9 Å². The van der Waals surface area contributed by atoms with E-state index in [9.17, 15) is 0 Å². The predicted molar refractivity (Wildman–Crippen MR) is 240 cm³/mol. The van der Waals surface area contributed by atoms with E-state index in [1.54, 1.807) is 0 Å². The maximum atomic E-state index is 4.43. The minimum Gasteiger partial charge on any atom is -0.355 e. The van der Waals surface area contributed by atoms with Crippen LogP contribution in [0.25, 0.3) is 44.7 Å². The van der Waals surface area contributed by atoms with Gasteiger partial charge in [0.25, 0.3) is 0 Å². The van der Waals surface area contributed by atoms with E-state index in [0.717, 1.165) is 28.7 Å². The summed E-state index contributed by atoms with van der Waals surface area (Å²) in [7, 11) is 0. The first kappa shape index (κ1) is 34.9. The number of hydrogen-bond acceptors (Lipinski definition) is 2. The van der Waals surface area contributed by atoms with Gasteiger partial charge in [0, 0.05) is 21.9 Å². The quantitative estimate of drug-likeness (QED) is 0.117. The second-order valence-corrected chi connectivity index (χ2v) is 16.7. The summed E-state index contributed by atoms with van der Waals surface area (Å²) >= 11 is 4.43. The van der Waals surface area contributed by atoms with Crippen molar-refractivity contribution in [3.63, 3.8) is 0 Å². The third kappa shape index (κ3) is 6.06. The Morgan fingerprint density at radius 1 is 0.600 bits per heavy atom. The SMILES string of the molecule is C=C(S)/C=C\c1ccc2cc(/C(=C\Cc3ccc4c(c3)C(C)(C)c3ccccc3-4)c3ccc4c(c3)C(C)(C)c3ccccc3-4)ccc2c1Nc1ccccc1. The van der Waals surface area contributed by atoms with Crippen LogP contribution in [0.3, 0.4) is 0 Å². The number of anilines is 2. The second kappa shape index (κ2) is 13.5. The van der Waals surface area contributed by atoms with Crippen molar-refractivity contribution in [3.8, 4) is 22.3 Å². The molecule has 0 aromatic heterocycles. The zero-order valence-electron chi connectivity index (χ0n) is 31.9. The predicted octanol–water partition coefficient (Wildman–Crippen LogP) is 14.3. The van der Waals surface area contributed by atoms with Crippen LogP contribution >= 0.6 is 12.6 Å². The Balaban J connectivity index is 1.17. The molecule has 0 aliphatic heterocycles. The van der Waals surface area contributed by atoms with Gasteiger partial charge in [-0.15, -0.1) is 12.6 Å². The molecule has 0 amide bonds. The van der Waals surface area contributed by atoms with Crippen molar-refractivity contribution in [2.75, 3.05) is 5.32 Å². The minimum absolute atomic E-state index is 0.0347. The van der Waals surface area contributed by atoms with Crippen LogP contribution in [0.2, 0.25) is 0 Å². The average molecular weight is 728 g/mol. The van der Waals surface area contributed by atoms with Gasteiger partial charge < -0.3 is 5.32 Å². The molecule has 7 aromatic rings. The summed E-state index contributed by atoms with van der Waals surface area (Å²) in [5.74, 6) is 0. The van der Waals surface area contributed by atoms with Gasteiger partial charge in [0.15, 0.2) is 0 Å². The van der Waals surface area contributed by atoms with Crippen molar-refractivity contribution in [2.24, 2.45) is 0 Å². The number of rotatable bonds is 8. The summed E-state index contributed by atoms with van der Waals surface area (Å²) in [5.41, 5.74) is 19.1. The van der Waals surface area contributed by atoms with Crippen LogP contribution in [0, 0.1) is 0 Å². The Morgan fingerprint density at radius 3 is 1.87 bits per heavy atom. The van der Waals surface area contributed by atoms with Gasteiger partial charge in [-0.25, -0.2) is 0 Å². The van der Waals surface area contributed by atoms with Crippen LogP contribution in [0.5, 0.6) is 0 Å². The number of benzene rings is 7. The lowest BCUT2D eigenvalue weighted by atomic mass is 9.81. The lowest BCUT2D eigenvalue weighted by Crippen LogP contribution is -2.15. The van der Waals surface area contributed by atoms with Crippen molar-refractivity contribution in [1.82, 2.24) is 0 Å². The molecule has 0 saturated carbocycles. The van der Waals surface area contributed by atoms with Gasteiger partial charge >= 0.3 is 0 Å². The monoisotopic (exact) mass is 727 g/mol. The highest BCUT2D eigenvalue weighted by Gasteiger charge is 2.36. The van der Waals surface area contributed by atoms with Gasteiger partial charge in [-0.2, -0.15) is 0 Å². The van der Waals surface area contributed by atoms with E-state index in [1.165, 1.54) is 72.2 Å². The van der Waals surface area contributed by atoms with Crippen LogP contribution in [0.1, 0.15) is 72.2 Å². The molecule has 0 spiro atoms. The van der Waals surface area contributed by atoms with Crippen molar-refractivity contribution in [1.29, 1.82) is 0 Å². The van der Waals surface area contributed by atoms with Gasteiger partial charge in [0.05, 0.1) is 5.69 Å². The molecule has 1 nitrogen and oxygen atoms in total. The number of thiol groups is 1. The first-order valence-corrected chi connectivity index (χ1v) is 19.7. The number of allylic oxidation sites excluding steroid dienone is 2. The number of fused-ring (bicyclic) bond motifs is 7. The van der Waals surface area contributed by atoms with Gasteiger partial charge in [-0.1, -0.05) is 168 Å². The first-order chi connectivity index (χ1) is 26.6. The van der Waals surface area contributed by atoms with Crippen LogP contribution in [0.15, 0.2) is 169 Å². The Morgan fingerprint density at radius 2 is 1.18 bits per heavy atom. The van der Waals surface area contributed by atoms with Crippen molar-refractivity contribution in [3.05, 3.63) is 214 Å². The molecule has 0 heterocycles. The zero-order valence-corrected chi connectivity index (χ0v) is 32.8. The maximum absolute atomic E-state index is 4.43. The molecule has 1 N–H and O–H groups in total. The van der Waals surface area contributed by atoms with E-state index in [0.29, 0.717) is 4.91 Å². The minimum atomic E-state index is -0.0861. The summed E-state index contributed by atoms with van der Waals surface area (Å²) in [6.45, 7) is 13.4. The van der Waals surface area contributed by atoms with E-state index in [2.05, 4.69) is 204 Å². The topological polar surface area (TPSA) is 12.0 Å². The molecule has 55 heavy (non-hydrogen) atoms. The number of nitrogens with one attached hydrogen (secondary N) is 1. The standard InChI is InChI=1S/C53H45NS/c1-34(55)19-22-36-23-24-38-32-37(25-29-42(38)51(36)54-40-13-7-6-8-14-40)41(39-26-30-46-44-16-10-12-18-48(44)53(4,5)50(46)33-39)27-20-35-21-28-45-43-15-9-11-17-47(43)52(2,3)49(45)31-35/h6-19,21-33,54-55H,1,20H2,2-5H3/b22-19-,41-27+. The Bertz CT molecular complexity index is 2720. The highest BCUT2D eigenvalue weighted by Crippen LogP contribution is 2.50. The molecule has 9 rings (SSSR count). The smallest absolute Gasteiger partial charge is 0.0537 e. The summed E-state index contributed by atoms with van der Waals surface area (Å²) in [5, 5.41) is 6.06. The molecule has 268 valence electrons. The van der Waals surface area contributed by atoms with E-state index in [4.69, 9.17) is 0 Å². The van der Waals surface area contributed by atoms with E-state index in [1.807, 2.05) is 12.1 Å². The molecule has 0 unspecified atom stereocenters. The second-order valence-electron chi connectivity index (χ2n) is 16.1. The molecule has 2 heteroatoms. The van der Waals surface area contributed by atoms with Crippen LogP contribution in [0.4, 0.5) is 11.4 Å². The fourth-order valence-electron chi connectivity index (χ4n) is 9.02. The van der Waals surface area contributed by atoms with Gasteiger partial charge in [0.2, 0.25) is 0 Å². The molecule has 0 fully saturated rings. The van der Waals surface area contributed by atoms with Gasteiger partial charge in [0.1, 0.15) is 0 Å². The van der Waals surface area contributed by atoms with E-state index >= 15 is 0 Å². The molecule has 2 aliphatic rings. The molecule has 0 radical (unpaired) electrons. The zero-order chi connectivity index (χ0) is 37.9. The van der Waals surface area contributed by atoms with Crippen molar-refractivity contribution >= 4 is 46.4 Å². The molecule has 0 saturated heterocycles. The summed E-state index contributed by atoms with van der Waals surface area (Å²) in [6, 6.07) is 53.7. The molecule has 2 aliphatic carbocycles. The van der Waals surface area contributed by atoms with Gasteiger partial charge in [-0.3, -0.25) is 0 Å². The molecule has 0 atom stereocenters. The molecular formula is C53H45NS. The van der Waals surface area contributed by atoms with Crippen molar-refractivity contribution < 1.29 is 0 Å². The Labute approximate surface area is 331 Å². The average Bonchev–Trinajstić information content (AvgIpc) is 3.57. The fraction of sp³-hybridized carbons (Fsp3) is 0.132. The fourth-order valence-corrected chi connectivity index (χ4v) is 9.09. The normalized spacial score (nSPS) is 14.7. The molecule has 7 aromatic carbocycles. The van der Waals surface area contributed by atoms with E-state index in [-0.39, 0.29) is 10.8 Å². The van der Waals surface area contributed by atoms with Crippen LogP contribution in [-0.4, -0.2) is 0 Å². The third-order valence-electron chi connectivity index (χ3n) is 11.9. The summed E-state index contributed by atoms with van der Waals surface area (Å²) < 4.78 is 0. The van der Waals surface area contributed by atoms with Crippen LogP contribution < -0.4 is 5.32 Å². The van der Waals surface area contributed by atoms with E-state index < -0.39 is 0 Å². The lowest BCUT2D eigenvalue weighted by Gasteiger charge is -2.23. The van der Waals surface area contributed by atoms with Gasteiger partial charge in [-0.05, 0) is 119 Å². The molecular weight excluding hydrogens is 683 g/mol. The highest BCUT2D eigenvalue weighted by atomic mass is 32.1. The molecule has 0 bridgehead atoms. The summed E-state index contributed by atoms with van der Waals surface area (Å²) in [4.78, 5) is 0.716. The largest absolute Gasteiger partial charge is 0.355 e. The lowest BCUT2D eigenvalue weighted by molar-refractivity contribution is 0.659. The summed E-state index contributed by atoms with van der Waals surface area (Å²) in [6.07, 6.45) is 7.31. The van der Waals surface area contributed by atoms with Crippen LogP contribution in [-0.2, 0) is 17.3 Å². The highest BCUT2D eigenvalue weighted by molar-refractivity contribution is 7.84. The third-order valence-corrected chi connectivity index (χ3v) is 12.1. The first-order valence-electron chi connectivity index (χ1n) is 19.2. The number of hydrogen-bond donors (Lipinski definition) is 2. The number of para-hydroxylation sites is 1. The maximum Gasteiger partial charge on any atom is 0.0537 e. The Hall–Kier alpha value is -5.83. The Kier molecular flexibility index (Phi) is 8.56.